The van der Waals surface area contributed by atoms with Crippen LogP contribution in [0.2, 0.25) is 0 Å². The highest BCUT2D eigenvalue weighted by Crippen LogP contribution is 2.37. The van der Waals surface area contributed by atoms with E-state index in [4.69, 9.17) is 14.0 Å². The zero-order valence-corrected chi connectivity index (χ0v) is 13.2. The van der Waals surface area contributed by atoms with Gasteiger partial charge < -0.3 is 19.3 Å². The zero-order chi connectivity index (χ0) is 13.9. The molecule has 0 spiro atoms. The van der Waals surface area contributed by atoms with Crippen molar-refractivity contribution in [2.75, 3.05) is 27.3 Å². The van der Waals surface area contributed by atoms with Gasteiger partial charge in [-0.05, 0) is 50.4 Å². The molecule has 1 saturated heterocycles. The Kier molecular flexibility index (Phi) is 5.31. The van der Waals surface area contributed by atoms with E-state index in [0.717, 1.165) is 30.6 Å². The molecule has 116 valence electrons. The molecule has 0 radical (unpaired) electrons. The predicted octanol–water partition coefficient (Wildman–Crippen LogP) is 2.81. The largest absolute Gasteiger partial charge is 0.493 e. The van der Waals surface area contributed by atoms with Crippen LogP contribution in [0, 0.1) is 5.92 Å². The minimum Gasteiger partial charge on any atom is -0.493 e. The molecule has 1 aromatic carbocycles. The number of benzene rings is 1. The Morgan fingerprint density at radius 1 is 1.24 bits per heavy atom. The SMILES string of the molecule is COc1ccc2c(CC3CCNCC3)noc2c1OC.Cl. The van der Waals surface area contributed by atoms with E-state index in [-0.39, 0.29) is 12.4 Å². The van der Waals surface area contributed by atoms with Crippen LogP contribution in [0.5, 0.6) is 11.5 Å². The first-order valence-corrected chi connectivity index (χ1v) is 7.03. The average molecular weight is 313 g/mol. The van der Waals surface area contributed by atoms with Gasteiger partial charge in [-0.2, -0.15) is 0 Å². The summed E-state index contributed by atoms with van der Waals surface area (Å²) in [6.45, 7) is 2.19. The Morgan fingerprint density at radius 3 is 2.67 bits per heavy atom. The highest BCUT2D eigenvalue weighted by atomic mass is 35.5. The van der Waals surface area contributed by atoms with Gasteiger partial charge in [-0.3, -0.25) is 0 Å². The summed E-state index contributed by atoms with van der Waals surface area (Å²) >= 11 is 0. The predicted molar refractivity (Wildman–Crippen MR) is 83.7 cm³/mol. The van der Waals surface area contributed by atoms with Crippen molar-refractivity contribution in [1.29, 1.82) is 0 Å². The summed E-state index contributed by atoms with van der Waals surface area (Å²) in [6.07, 6.45) is 3.35. The number of nitrogens with one attached hydrogen (secondary N) is 1. The molecule has 6 heteroatoms. The highest BCUT2D eigenvalue weighted by Gasteiger charge is 2.20. The fourth-order valence-electron chi connectivity index (χ4n) is 2.87. The molecule has 0 aliphatic carbocycles. The van der Waals surface area contributed by atoms with E-state index in [1.54, 1.807) is 14.2 Å². The molecule has 5 nitrogen and oxygen atoms in total. The van der Waals surface area contributed by atoms with Gasteiger partial charge in [-0.1, -0.05) is 5.16 Å². The molecule has 0 atom stereocenters. The number of methoxy groups -OCH3 is 2. The third-order valence-corrected chi connectivity index (χ3v) is 4.00. The molecule has 1 fully saturated rings. The minimum atomic E-state index is 0. The number of hydrogen-bond donors (Lipinski definition) is 1. The molecule has 1 aliphatic heterocycles. The smallest absolute Gasteiger partial charge is 0.212 e. The Balaban J connectivity index is 0.00000161. The van der Waals surface area contributed by atoms with Crippen molar-refractivity contribution in [3.8, 4) is 11.5 Å². The maximum Gasteiger partial charge on any atom is 0.212 e. The number of halogens is 1. The molecule has 0 saturated carbocycles. The van der Waals surface area contributed by atoms with Crippen molar-refractivity contribution in [2.24, 2.45) is 5.92 Å². The van der Waals surface area contributed by atoms with Gasteiger partial charge in [-0.15, -0.1) is 12.4 Å². The van der Waals surface area contributed by atoms with E-state index in [1.165, 1.54) is 12.8 Å². The third-order valence-electron chi connectivity index (χ3n) is 4.00. The van der Waals surface area contributed by atoms with E-state index >= 15 is 0 Å². The number of nitrogens with zero attached hydrogens (tertiary/aromatic N) is 1. The standard InChI is InChI=1S/C15H20N2O3.ClH/c1-18-13-4-3-11-12(9-10-5-7-16-8-6-10)17-20-14(11)15(13)19-2;/h3-4,10,16H,5-9H2,1-2H3;1H. The van der Waals surface area contributed by atoms with Gasteiger partial charge in [0.1, 0.15) is 0 Å². The fraction of sp³-hybridized carbons (Fsp3) is 0.533. The number of fused-ring (bicyclic) bond motifs is 1. The molecule has 2 heterocycles. The van der Waals surface area contributed by atoms with E-state index in [2.05, 4.69) is 10.5 Å². The van der Waals surface area contributed by atoms with E-state index < -0.39 is 0 Å². The second-order valence-corrected chi connectivity index (χ2v) is 5.20. The molecule has 2 aromatic rings. The van der Waals surface area contributed by atoms with Crippen molar-refractivity contribution in [3.05, 3.63) is 17.8 Å². The normalized spacial score (nSPS) is 15.7. The number of hydrogen-bond acceptors (Lipinski definition) is 5. The van der Waals surface area contributed by atoms with Crippen LogP contribution in [0.3, 0.4) is 0 Å². The lowest BCUT2D eigenvalue weighted by Crippen LogP contribution is -2.28. The van der Waals surface area contributed by atoms with Crippen LogP contribution >= 0.6 is 12.4 Å². The molecule has 0 bridgehead atoms. The Bertz CT molecular complexity index is 594. The van der Waals surface area contributed by atoms with E-state index in [0.29, 0.717) is 23.0 Å². The third kappa shape index (κ3) is 3.09. The number of aromatic nitrogens is 1. The van der Waals surface area contributed by atoms with Crippen molar-refractivity contribution >= 4 is 23.4 Å². The van der Waals surface area contributed by atoms with Gasteiger partial charge >= 0.3 is 0 Å². The van der Waals surface area contributed by atoms with E-state index in [1.807, 2.05) is 12.1 Å². The van der Waals surface area contributed by atoms with Gasteiger partial charge in [0.25, 0.3) is 0 Å². The molecule has 1 aromatic heterocycles. The molecule has 1 N–H and O–H groups in total. The lowest BCUT2D eigenvalue weighted by atomic mass is 9.92. The Hall–Kier alpha value is -1.46. The summed E-state index contributed by atoms with van der Waals surface area (Å²) in [5, 5.41) is 8.66. The van der Waals surface area contributed by atoms with Crippen LogP contribution in [-0.2, 0) is 6.42 Å². The summed E-state index contributed by atoms with van der Waals surface area (Å²) in [5.41, 5.74) is 1.70. The van der Waals surface area contributed by atoms with Crippen LogP contribution in [0.1, 0.15) is 18.5 Å². The van der Waals surface area contributed by atoms with Gasteiger partial charge in [0, 0.05) is 5.39 Å². The monoisotopic (exact) mass is 312 g/mol. The zero-order valence-electron chi connectivity index (χ0n) is 12.3. The number of ether oxygens (including phenoxy) is 2. The van der Waals surface area contributed by atoms with Gasteiger partial charge in [0.15, 0.2) is 5.75 Å². The minimum absolute atomic E-state index is 0. The van der Waals surface area contributed by atoms with Crippen LogP contribution in [0.25, 0.3) is 11.0 Å². The average Bonchev–Trinajstić information content (AvgIpc) is 2.90. The molecule has 21 heavy (non-hydrogen) atoms. The molecule has 0 unspecified atom stereocenters. The summed E-state index contributed by atoms with van der Waals surface area (Å²) in [7, 11) is 3.24. The maximum absolute atomic E-state index is 5.48. The molecular weight excluding hydrogens is 292 g/mol. The second-order valence-electron chi connectivity index (χ2n) is 5.20. The maximum atomic E-state index is 5.48. The van der Waals surface area contributed by atoms with Gasteiger partial charge in [0.05, 0.1) is 19.9 Å². The summed E-state index contributed by atoms with van der Waals surface area (Å²) in [6, 6.07) is 3.91. The van der Waals surface area contributed by atoms with Crippen molar-refractivity contribution in [1.82, 2.24) is 10.5 Å². The van der Waals surface area contributed by atoms with Crippen LogP contribution in [0.15, 0.2) is 16.7 Å². The lowest BCUT2D eigenvalue weighted by molar-refractivity contribution is 0.343. The lowest BCUT2D eigenvalue weighted by Gasteiger charge is -2.21. The first-order valence-electron chi connectivity index (χ1n) is 7.03. The first-order chi connectivity index (χ1) is 9.83. The molecule has 0 amide bonds. The Labute approximate surface area is 130 Å². The topological polar surface area (TPSA) is 56.5 Å². The van der Waals surface area contributed by atoms with Gasteiger partial charge in [-0.25, -0.2) is 0 Å². The van der Waals surface area contributed by atoms with Crippen molar-refractivity contribution < 1.29 is 14.0 Å². The van der Waals surface area contributed by atoms with Crippen LogP contribution in [-0.4, -0.2) is 32.5 Å². The quantitative estimate of drug-likeness (QED) is 0.941. The van der Waals surface area contributed by atoms with Crippen molar-refractivity contribution in [2.45, 2.75) is 19.3 Å². The molecular formula is C15H21ClN2O3. The van der Waals surface area contributed by atoms with Crippen LogP contribution < -0.4 is 14.8 Å². The van der Waals surface area contributed by atoms with Crippen molar-refractivity contribution in [3.63, 3.8) is 0 Å². The Morgan fingerprint density at radius 2 is 2.00 bits per heavy atom. The van der Waals surface area contributed by atoms with E-state index in [9.17, 15) is 0 Å². The van der Waals surface area contributed by atoms with Crippen LogP contribution in [0.4, 0.5) is 0 Å². The first kappa shape index (κ1) is 15.9. The van der Waals surface area contributed by atoms with Gasteiger partial charge in [0.2, 0.25) is 11.3 Å². The number of rotatable bonds is 4. The highest BCUT2D eigenvalue weighted by molar-refractivity contribution is 5.87. The second kappa shape index (κ2) is 7.00. The summed E-state index contributed by atoms with van der Waals surface area (Å²) in [5.74, 6) is 1.97. The summed E-state index contributed by atoms with van der Waals surface area (Å²) in [4.78, 5) is 0. The fourth-order valence-corrected chi connectivity index (χ4v) is 2.87. The number of piperidine rings is 1. The molecule has 3 rings (SSSR count). The summed E-state index contributed by atoms with van der Waals surface area (Å²) < 4.78 is 16.2. The molecule has 1 aliphatic rings.